The van der Waals surface area contributed by atoms with Crippen LogP contribution < -0.4 is 20.7 Å². The van der Waals surface area contributed by atoms with E-state index in [0.29, 0.717) is 27.7 Å². The van der Waals surface area contributed by atoms with Gasteiger partial charge in [-0.05, 0) is 12.1 Å². The number of hydrogen-bond acceptors (Lipinski definition) is 7. The van der Waals surface area contributed by atoms with Crippen LogP contribution >= 0.6 is 11.3 Å². The van der Waals surface area contributed by atoms with E-state index in [9.17, 15) is 4.79 Å². The third-order valence-electron chi connectivity index (χ3n) is 4.71. The molecule has 3 aromatic rings. The third kappa shape index (κ3) is 3.72. The topological polar surface area (TPSA) is 81.2 Å². The summed E-state index contributed by atoms with van der Waals surface area (Å²) in [7, 11) is 3.75. The van der Waals surface area contributed by atoms with Crippen molar-refractivity contribution in [3.05, 3.63) is 40.1 Å². The summed E-state index contributed by atoms with van der Waals surface area (Å²) in [6, 6.07) is 7.29. The Morgan fingerprint density at radius 1 is 1.33 bits per heavy atom. The van der Waals surface area contributed by atoms with Gasteiger partial charge in [0, 0.05) is 29.3 Å². The predicted molar refractivity (Wildman–Crippen MR) is 107 cm³/mol. The number of aromatic nitrogens is 1. The van der Waals surface area contributed by atoms with Crippen molar-refractivity contribution in [2.24, 2.45) is 5.10 Å². The number of fused-ring (bicyclic) bond motifs is 1. The molecular weight excluding hydrogens is 364 g/mol. The van der Waals surface area contributed by atoms with Crippen molar-refractivity contribution in [3.8, 4) is 17.0 Å². The molecule has 7 nitrogen and oxygen atoms in total. The van der Waals surface area contributed by atoms with Gasteiger partial charge in [0.05, 0.1) is 38.5 Å². The number of hydrogen-bond donors (Lipinski definition) is 2. The fraction of sp³-hybridized carbons (Fsp3) is 0.316. The lowest BCUT2D eigenvalue weighted by Crippen LogP contribution is -3.10. The Hall–Kier alpha value is -2.71. The summed E-state index contributed by atoms with van der Waals surface area (Å²) in [5, 5.41) is 7.76. The van der Waals surface area contributed by atoms with Crippen molar-refractivity contribution in [2.75, 3.05) is 32.7 Å². The summed E-state index contributed by atoms with van der Waals surface area (Å²) in [5.41, 5.74) is 5.20. The van der Waals surface area contributed by atoms with Gasteiger partial charge >= 0.3 is 5.63 Å². The maximum Gasteiger partial charge on any atom is 0.345 e. The van der Waals surface area contributed by atoms with E-state index in [1.54, 1.807) is 19.2 Å². The second-order valence-corrected chi connectivity index (χ2v) is 7.47. The molecule has 2 N–H and O–H groups in total. The van der Waals surface area contributed by atoms with E-state index in [1.807, 2.05) is 17.5 Å². The number of methoxy groups -OCH3 is 1. The Bertz CT molecular complexity index is 1050. The fourth-order valence-corrected chi connectivity index (χ4v) is 3.76. The Labute approximate surface area is 160 Å². The summed E-state index contributed by atoms with van der Waals surface area (Å²) >= 11 is 1.42. The van der Waals surface area contributed by atoms with Crippen LogP contribution in [0.1, 0.15) is 12.8 Å². The number of benzene rings is 1. The number of thiazole rings is 1. The molecule has 0 spiro atoms. The zero-order chi connectivity index (χ0) is 18.8. The van der Waals surface area contributed by atoms with E-state index < -0.39 is 5.63 Å². The largest absolute Gasteiger partial charge is 0.493 e. The van der Waals surface area contributed by atoms with Crippen LogP contribution in [-0.2, 0) is 0 Å². The van der Waals surface area contributed by atoms with E-state index in [4.69, 9.17) is 9.15 Å². The number of likely N-dealkylation sites (tertiary alicyclic amines) is 1. The fourth-order valence-electron chi connectivity index (χ4n) is 3.11. The minimum atomic E-state index is -0.437. The molecule has 0 aliphatic carbocycles. The average molecular weight is 385 g/mol. The number of nitrogens with one attached hydrogen (secondary N) is 2. The molecule has 1 fully saturated rings. The van der Waals surface area contributed by atoms with Crippen LogP contribution in [0.4, 0.5) is 5.13 Å². The quantitative estimate of drug-likeness (QED) is 0.530. The molecule has 1 saturated heterocycles. The van der Waals surface area contributed by atoms with Gasteiger partial charge in [-0.25, -0.2) is 9.78 Å². The SMILES string of the molecule is COc1cccc2cc(-c3csc(NN=C4CC[NH+](C)CC4)n3)c(=O)oc12. The first-order valence-electron chi connectivity index (χ1n) is 8.83. The summed E-state index contributed by atoms with van der Waals surface area (Å²) < 4.78 is 10.7. The number of piperidine rings is 1. The lowest BCUT2D eigenvalue weighted by molar-refractivity contribution is -0.880. The minimum absolute atomic E-state index is 0.426. The number of para-hydroxylation sites is 1. The first kappa shape index (κ1) is 17.7. The maximum absolute atomic E-state index is 12.4. The molecule has 0 saturated carbocycles. The maximum atomic E-state index is 12.4. The standard InChI is InChI=1S/C19H20N4O3S/c1-23-8-6-13(7-9-23)21-22-19-20-15(11-27-19)14-10-12-4-3-5-16(25-2)17(12)26-18(14)24/h3-5,10-11H,6-9H2,1-2H3,(H,20,22)/p+1. The molecule has 1 aliphatic rings. The summed E-state index contributed by atoms with van der Waals surface area (Å²) in [4.78, 5) is 18.5. The molecule has 3 heterocycles. The molecule has 0 unspecified atom stereocenters. The molecule has 1 aromatic carbocycles. The summed E-state index contributed by atoms with van der Waals surface area (Å²) in [6.45, 7) is 2.20. The first-order chi connectivity index (χ1) is 13.1. The Balaban J connectivity index is 1.59. The molecule has 140 valence electrons. The Kier molecular flexibility index (Phi) is 4.91. The average Bonchev–Trinajstić information content (AvgIpc) is 3.15. The van der Waals surface area contributed by atoms with Gasteiger partial charge in [-0.2, -0.15) is 5.10 Å². The highest BCUT2D eigenvalue weighted by molar-refractivity contribution is 7.14. The van der Waals surface area contributed by atoms with Crippen LogP contribution in [-0.4, -0.2) is 37.9 Å². The molecule has 0 amide bonds. The molecule has 27 heavy (non-hydrogen) atoms. The van der Waals surface area contributed by atoms with Gasteiger partial charge in [0.25, 0.3) is 0 Å². The molecule has 8 heteroatoms. The van der Waals surface area contributed by atoms with E-state index >= 15 is 0 Å². The number of anilines is 1. The van der Waals surface area contributed by atoms with Crippen molar-refractivity contribution >= 4 is 33.1 Å². The van der Waals surface area contributed by atoms with Crippen LogP contribution in [0.25, 0.3) is 22.2 Å². The number of hydrazone groups is 1. The molecule has 0 bridgehead atoms. The Morgan fingerprint density at radius 3 is 2.93 bits per heavy atom. The second-order valence-electron chi connectivity index (χ2n) is 6.61. The number of nitrogens with zero attached hydrogens (tertiary/aromatic N) is 2. The molecule has 0 atom stereocenters. The van der Waals surface area contributed by atoms with Gasteiger partial charge in [-0.15, -0.1) is 11.3 Å². The van der Waals surface area contributed by atoms with Gasteiger partial charge in [-0.3, -0.25) is 5.43 Å². The lowest BCUT2D eigenvalue weighted by atomic mass is 10.1. The summed E-state index contributed by atoms with van der Waals surface area (Å²) in [5.74, 6) is 0.535. The van der Waals surface area contributed by atoms with Crippen molar-refractivity contribution in [1.82, 2.24) is 4.98 Å². The number of ether oxygens (including phenoxy) is 1. The minimum Gasteiger partial charge on any atom is -0.493 e. The number of quaternary nitrogens is 1. The zero-order valence-corrected chi connectivity index (χ0v) is 16.1. The van der Waals surface area contributed by atoms with Gasteiger partial charge in [0.15, 0.2) is 11.3 Å². The van der Waals surface area contributed by atoms with Crippen molar-refractivity contribution in [2.45, 2.75) is 12.8 Å². The van der Waals surface area contributed by atoms with Crippen molar-refractivity contribution in [3.63, 3.8) is 0 Å². The van der Waals surface area contributed by atoms with Crippen LogP contribution in [0, 0.1) is 0 Å². The van der Waals surface area contributed by atoms with Gasteiger partial charge in [0.1, 0.15) is 0 Å². The van der Waals surface area contributed by atoms with Gasteiger partial charge in [-0.1, -0.05) is 12.1 Å². The highest BCUT2D eigenvalue weighted by atomic mass is 32.1. The van der Waals surface area contributed by atoms with Crippen LogP contribution in [0.2, 0.25) is 0 Å². The molecule has 1 aliphatic heterocycles. The molecule has 4 rings (SSSR count). The predicted octanol–water partition coefficient (Wildman–Crippen LogP) is 2.00. The smallest absolute Gasteiger partial charge is 0.345 e. The van der Waals surface area contributed by atoms with E-state index in [0.717, 1.165) is 37.0 Å². The monoisotopic (exact) mass is 385 g/mol. The van der Waals surface area contributed by atoms with Gasteiger partial charge < -0.3 is 14.1 Å². The van der Waals surface area contributed by atoms with Gasteiger partial charge in [0.2, 0.25) is 5.13 Å². The van der Waals surface area contributed by atoms with Crippen molar-refractivity contribution in [1.29, 1.82) is 0 Å². The lowest BCUT2D eigenvalue weighted by Gasteiger charge is -2.20. The third-order valence-corrected chi connectivity index (χ3v) is 5.46. The van der Waals surface area contributed by atoms with E-state index in [2.05, 4.69) is 22.6 Å². The first-order valence-corrected chi connectivity index (χ1v) is 9.71. The van der Waals surface area contributed by atoms with Crippen molar-refractivity contribution < 1.29 is 14.1 Å². The van der Waals surface area contributed by atoms with Crippen LogP contribution in [0.3, 0.4) is 0 Å². The zero-order valence-electron chi connectivity index (χ0n) is 15.2. The highest BCUT2D eigenvalue weighted by Crippen LogP contribution is 2.29. The number of rotatable bonds is 4. The van der Waals surface area contributed by atoms with Crippen LogP contribution in [0.15, 0.2) is 44.0 Å². The van der Waals surface area contributed by atoms with Crippen LogP contribution in [0.5, 0.6) is 5.75 Å². The molecule has 0 radical (unpaired) electrons. The normalized spacial score (nSPS) is 17.1. The molecular formula is C19H21N4O3S+. The highest BCUT2D eigenvalue weighted by Gasteiger charge is 2.16. The Morgan fingerprint density at radius 2 is 2.15 bits per heavy atom. The second kappa shape index (κ2) is 7.50. The molecule has 2 aromatic heterocycles. The van der Waals surface area contributed by atoms with E-state index in [-0.39, 0.29) is 0 Å². The summed E-state index contributed by atoms with van der Waals surface area (Å²) in [6.07, 6.45) is 1.99. The van der Waals surface area contributed by atoms with E-state index in [1.165, 1.54) is 16.2 Å².